The molecule has 1 aromatic heterocycles. The number of carboxylic acids is 1. The molecule has 7 heteroatoms. The molecule has 0 bridgehead atoms. The smallest absolute Gasteiger partial charge is 0.337 e. The van der Waals surface area contributed by atoms with E-state index < -0.39 is 5.97 Å². The maximum atomic E-state index is 10.7. The number of nitrogen functional groups attached to an aromatic ring is 1. The summed E-state index contributed by atoms with van der Waals surface area (Å²) in [5, 5.41) is 9.60. The van der Waals surface area contributed by atoms with Gasteiger partial charge in [-0.25, -0.2) is 9.78 Å². The van der Waals surface area contributed by atoms with Crippen LogP contribution in [0.2, 0.25) is 10.0 Å². The molecule has 0 atom stereocenters. The number of aromatic nitrogens is 1. The van der Waals surface area contributed by atoms with Crippen LogP contribution in [0.25, 0.3) is 0 Å². The van der Waals surface area contributed by atoms with Crippen LogP contribution in [0.3, 0.4) is 0 Å². The van der Waals surface area contributed by atoms with Gasteiger partial charge in [-0.3, -0.25) is 0 Å². The molecule has 0 aliphatic heterocycles. The van der Waals surface area contributed by atoms with Crippen molar-refractivity contribution >= 4 is 34.9 Å². The maximum absolute atomic E-state index is 10.7. The van der Waals surface area contributed by atoms with Crippen molar-refractivity contribution < 1.29 is 14.6 Å². The van der Waals surface area contributed by atoms with Gasteiger partial charge in [-0.05, 0) is 24.3 Å². The van der Waals surface area contributed by atoms with E-state index in [1.807, 2.05) is 0 Å². The SMILES string of the molecule is Nc1cc(C(=O)O)cnc1Oc1cc(Cl)cc(Cl)c1. The fourth-order valence-electron chi connectivity index (χ4n) is 1.37. The summed E-state index contributed by atoms with van der Waals surface area (Å²) in [5.74, 6) is -0.667. The Morgan fingerprint density at radius 3 is 2.37 bits per heavy atom. The number of ether oxygens (including phenoxy) is 1. The lowest BCUT2D eigenvalue weighted by Gasteiger charge is -2.08. The Morgan fingerprint density at radius 1 is 1.21 bits per heavy atom. The molecule has 0 aliphatic carbocycles. The predicted molar refractivity (Wildman–Crippen MR) is 72.1 cm³/mol. The van der Waals surface area contributed by atoms with E-state index in [4.69, 9.17) is 38.8 Å². The fourth-order valence-corrected chi connectivity index (χ4v) is 1.88. The molecule has 3 N–H and O–H groups in total. The zero-order valence-electron chi connectivity index (χ0n) is 9.43. The number of pyridine rings is 1. The van der Waals surface area contributed by atoms with E-state index in [-0.39, 0.29) is 17.1 Å². The first kappa shape index (κ1) is 13.5. The average Bonchev–Trinajstić information content (AvgIpc) is 2.30. The summed E-state index contributed by atoms with van der Waals surface area (Å²) in [6.07, 6.45) is 1.15. The van der Waals surface area contributed by atoms with Crippen molar-refractivity contribution in [2.75, 3.05) is 5.73 Å². The van der Waals surface area contributed by atoms with Crippen LogP contribution in [0.1, 0.15) is 10.4 Å². The first-order chi connectivity index (χ1) is 8.95. The van der Waals surface area contributed by atoms with Gasteiger partial charge in [0.15, 0.2) is 0 Å². The topological polar surface area (TPSA) is 85.4 Å². The van der Waals surface area contributed by atoms with Crippen LogP contribution in [0.4, 0.5) is 5.69 Å². The minimum atomic E-state index is -1.11. The number of hydrogen-bond donors (Lipinski definition) is 2. The molecule has 19 heavy (non-hydrogen) atoms. The lowest BCUT2D eigenvalue weighted by atomic mass is 10.2. The summed E-state index contributed by atoms with van der Waals surface area (Å²) in [4.78, 5) is 14.6. The first-order valence-electron chi connectivity index (χ1n) is 5.08. The van der Waals surface area contributed by atoms with Crippen LogP contribution < -0.4 is 10.5 Å². The molecule has 2 rings (SSSR count). The number of aromatic carboxylic acids is 1. The molecule has 1 aromatic carbocycles. The Hall–Kier alpha value is -1.98. The summed E-state index contributed by atoms with van der Waals surface area (Å²) >= 11 is 11.7. The average molecular weight is 299 g/mol. The molecular formula is C12H8Cl2N2O3. The summed E-state index contributed by atoms with van der Waals surface area (Å²) in [5.41, 5.74) is 5.75. The molecule has 1 heterocycles. The van der Waals surface area contributed by atoms with Crippen LogP contribution >= 0.6 is 23.2 Å². The molecule has 98 valence electrons. The summed E-state index contributed by atoms with van der Waals surface area (Å²) in [6, 6.07) is 5.90. The third-order valence-electron chi connectivity index (χ3n) is 2.18. The first-order valence-corrected chi connectivity index (χ1v) is 5.84. The highest BCUT2D eigenvalue weighted by Crippen LogP contribution is 2.30. The lowest BCUT2D eigenvalue weighted by molar-refractivity contribution is 0.0696. The van der Waals surface area contributed by atoms with Crippen LogP contribution in [-0.2, 0) is 0 Å². The van der Waals surface area contributed by atoms with E-state index in [0.29, 0.717) is 15.8 Å². The van der Waals surface area contributed by atoms with Gasteiger partial charge in [0.1, 0.15) is 5.75 Å². The van der Waals surface area contributed by atoms with Crippen LogP contribution in [0, 0.1) is 0 Å². The zero-order chi connectivity index (χ0) is 14.0. The largest absolute Gasteiger partial charge is 0.478 e. The van der Waals surface area contributed by atoms with Crippen LogP contribution in [0.15, 0.2) is 30.5 Å². The third-order valence-corrected chi connectivity index (χ3v) is 2.61. The second-order valence-corrected chi connectivity index (χ2v) is 4.50. The molecule has 2 aromatic rings. The van der Waals surface area contributed by atoms with Gasteiger partial charge in [-0.15, -0.1) is 0 Å². The summed E-state index contributed by atoms with van der Waals surface area (Å²) in [6.45, 7) is 0. The number of anilines is 1. The molecule has 0 spiro atoms. The standard InChI is InChI=1S/C12H8Cl2N2O3/c13-7-2-8(14)4-9(3-7)19-11-10(15)1-6(5-16-11)12(17)18/h1-5H,15H2,(H,17,18). The van der Waals surface area contributed by atoms with Crippen molar-refractivity contribution in [3.63, 3.8) is 0 Å². The monoisotopic (exact) mass is 298 g/mol. The summed E-state index contributed by atoms with van der Waals surface area (Å²) in [7, 11) is 0. The highest BCUT2D eigenvalue weighted by atomic mass is 35.5. The number of rotatable bonds is 3. The molecule has 0 unspecified atom stereocenters. The fraction of sp³-hybridized carbons (Fsp3) is 0. The van der Waals surface area contributed by atoms with Gasteiger partial charge in [0, 0.05) is 16.2 Å². The number of nitrogens with two attached hydrogens (primary N) is 1. The minimum absolute atomic E-state index is 0.0195. The van der Waals surface area contributed by atoms with Crippen molar-refractivity contribution in [3.05, 3.63) is 46.1 Å². The molecular weight excluding hydrogens is 291 g/mol. The molecule has 0 saturated carbocycles. The van der Waals surface area contributed by atoms with Gasteiger partial charge in [-0.2, -0.15) is 0 Å². The second kappa shape index (κ2) is 5.34. The Morgan fingerprint density at radius 2 is 1.84 bits per heavy atom. The molecule has 0 amide bonds. The van der Waals surface area contributed by atoms with Gasteiger partial charge in [0.05, 0.1) is 11.3 Å². The maximum Gasteiger partial charge on any atom is 0.337 e. The molecule has 5 nitrogen and oxygen atoms in total. The lowest BCUT2D eigenvalue weighted by Crippen LogP contribution is -2.01. The van der Waals surface area contributed by atoms with E-state index in [2.05, 4.69) is 4.98 Å². The van der Waals surface area contributed by atoms with Crippen LogP contribution in [0.5, 0.6) is 11.6 Å². The van der Waals surface area contributed by atoms with E-state index in [1.165, 1.54) is 6.07 Å². The number of hydrogen-bond acceptors (Lipinski definition) is 4. The van der Waals surface area contributed by atoms with Gasteiger partial charge in [-0.1, -0.05) is 23.2 Å². The van der Waals surface area contributed by atoms with Crippen molar-refractivity contribution in [1.82, 2.24) is 4.98 Å². The molecule has 0 fully saturated rings. The normalized spacial score (nSPS) is 10.2. The van der Waals surface area contributed by atoms with Gasteiger partial charge in [0.25, 0.3) is 0 Å². The quantitative estimate of drug-likeness (QED) is 0.906. The Bertz CT molecular complexity index is 627. The van der Waals surface area contributed by atoms with E-state index in [9.17, 15) is 4.79 Å². The minimum Gasteiger partial charge on any atom is -0.478 e. The number of nitrogens with zero attached hydrogens (tertiary/aromatic N) is 1. The van der Waals surface area contributed by atoms with Crippen molar-refractivity contribution in [1.29, 1.82) is 0 Å². The number of carbonyl (C=O) groups is 1. The van der Waals surface area contributed by atoms with Gasteiger partial charge < -0.3 is 15.6 Å². The number of halogens is 2. The zero-order valence-corrected chi connectivity index (χ0v) is 10.9. The van der Waals surface area contributed by atoms with Gasteiger partial charge >= 0.3 is 5.97 Å². The highest BCUT2D eigenvalue weighted by Gasteiger charge is 2.10. The van der Waals surface area contributed by atoms with Crippen molar-refractivity contribution in [2.24, 2.45) is 0 Å². The Labute approximate surface area is 118 Å². The van der Waals surface area contributed by atoms with Gasteiger partial charge in [0.2, 0.25) is 5.88 Å². The Kier molecular flexibility index (Phi) is 3.78. The van der Waals surface area contributed by atoms with Crippen molar-refractivity contribution in [2.45, 2.75) is 0 Å². The van der Waals surface area contributed by atoms with E-state index >= 15 is 0 Å². The molecule has 0 radical (unpaired) electrons. The number of benzene rings is 1. The highest BCUT2D eigenvalue weighted by molar-refractivity contribution is 6.34. The van der Waals surface area contributed by atoms with Crippen LogP contribution in [-0.4, -0.2) is 16.1 Å². The number of carboxylic acid groups (broad SMARTS) is 1. The predicted octanol–water partition coefficient (Wildman–Crippen LogP) is 3.46. The third kappa shape index (κ3) is 3.27. The Balaban J connectivity index is 2.30. The second-order valence-electron chi connectivity index (χ2n) is 3.63. The van der Waals surface area contributed by atoms with E-state index in [0.717, 1.165) is 6.20 Å². The molecule has 0 aliphatic rings. The van der Waals surface area contributed by atoms with E-state index in [1.54, 1.807) is 18.2 Å². The molecule has 0 saturated heterocycles. The summed E-state index contributed by atoms with van der Waals surface area (Å²) < 4.78 is 5.41. The van der Waals surface area contributed by atoms with Crippen molar-refractivity contribution in [3.8, 4) is 11.6 Å².